The van der Waals surface area contributed by atoms with Crippen LogP contribution in [-0.4, -0.2) is 6.26 Å². The van der Waals surface area contributed by atoms with Gasteiger partial charge in [0.2, 0.25) is 0 Å². The smallest absolute Gasteiger partial charge is 0.0534 e. The van der Waals surface area contributed by atoms with Crippen LogP contribution >= 0.6 is 11.8 Å². The van der Waals surface area contributed by atoms with E-state index in [1.54, 1.807) is 11.8 Å². The summed E-state index contributed by atoms with van der Waals surface area (Å²) in [7, 11) is 0. The molecule has 0 aliphatic heterocycles. The Kier molecular flexibility index (Phi) is 7.52. The molecule has 1 aliphatic carbocycles. The predicted octanol–water partition coefficient (Wildman–Crippen LogP) is 5.74. The molecule has 1 unspecified atom stereocenters. The number of allylic oxidation sites excluding steroid dienone is 7. The highest BCUT2D eigenvalue weighted by atomic mass is 32.2. The summed E-state index contributed by atoms with van der Waals surface area (Å²) in [6.45, 7) is 12.3. The molecular weight excluding hydrogens is 298 g/mol. The fraction of sp³-hybridized carbons (Fsp3) is 0.429. The summed E-state index contributed by atoms with van der Waals surface area (Å²) < 4.78 is 0. The lowest BCUT2D eigenvalue weighted by Gasteiger charge is -2.26. The third-order valence-corrected chi connectivity index (χ3v) is 5.02. The van der Waals surface area contributed by atoms with E-state index in [4.69, 9.17) is 12.2 Å². The van der Waals surface area contributed by atoms with Crippen LogP contribution in [0.1, 0.15) is 47.0 Å². The van der Waals surface area contributed by atoms with Gasteiger partial charge in [0.25, 0.3) is 0 Å². The molecule has 0 amide bonds. The van der Waals surface area contributed by atoms with E-state index in [-0.39, 0.29) is 5.92 Å². The van der Waals surface area contributed by atoms with Crippen LogP contribution in [0.5, 0.6) is 0 Å². The normalized spacial score (nSPS) is 16.5. The summed E-state index contributed by atoms with van der Waals surface area (Å²) >= 11 is 1.68. The number of rotatable bonds is 6. The second kappa shape index (κ2) is 8.89. The maximum Gasteiger partial charge on any atom is 0.0534 e. The SMILES string of the molecule is C#CC(=C(C)C)C(C1=CC=C(CC(=C)C)CC1)/C(N)=C(\C)SC. The van der Waals surface area contributed by atoms with E-state index >= 15 is 0 Å². The Bertz CT molecular complexity index is 631. The van der Waals surface area contributed by atoms with Crippen LogP contribution in [0.25, 0.3) is 0 Å². The van der Waals surface area contributed by atoms with Gasteiger partial charge < -0.3 is 5.73 Å². The van der Waals surface area contributed by atoms with Crippen molar-refractivity contribution in [1.29, 1.82) is 0 Å². The summed E-state index contributed by atoms with van der Waals surface area (Å²) in [4.78, 5) is 1.14. The van der Waals surface area contributed by atoms with Gasteiger partial charge in [-0.2, -0.15) is 0 Å². The molecule has 2 N–H and O–H groups in total. The van der Waals surface area contributed by atoms with Gasteiger partial charge in [-0.05, 0) is 53.2 Å². The molecule has 0 aromatic carbocycles. The second-order valence-electron chi connectivity index (χ2n) is 6.41. The number of hydrogen-bond acceptors (Lipinski definition) is 2. The van der Waals surface area contributed by atoms with Gasteiger partial charge in [0.05, 0.1) is 5.92 Å². The zero-order valence-corrected chi connectivity index (χ0v) is 15.9. The van der Waals surface area contributed by atoms with Gasteiger partial charge in [-0.1, -0.05) is 46.9 Å². The van der Waals surface area contributed by atoms with E-state index in [0.717, 1.165) is 41.0 Å². The van der Waals surface area contributed by atoms with Crippen LogP contribution < -0.4 is 5.73 Å². The van der Waals surface area contributed by atoms with Crippen molar-refractivity contribution in [2.24, 2.45) is 11.7 Å². The molecule has 0 fully saturated rings. The lowest BCUT2D eigenvalue weighted by atomic mass is 9.80. The first-order chi connectivity index (χ1) is 10.8. The molecule has 1 nitrogen and oxygen atoms in total. The van der Waals surface area contributed by atoms with Crippen LogP contribution in [0.4, 0.5) is 0 Å². The first kappa shape index (κ1) is 19.5. The van der Waals surface area contributed by atoms with E-state index in [0.29, 0.717) is 0 Å². The quantitative estimate of drug-likeness (QED) is 0.497. The highest BCUT2D eigenvalue weighted by molar-refractivity contribution is 8.02. The molecule has 0 spiro atoms. The number of terminal acetylenes is 1. The van der Waals surface area contributed by atoms with Crippen molar-refractivity contribution in [2.45, 2.75) is 47.0 Å². The highest BCUT2D eigenvalue weighted by Gasteiger charge is 2.24. The first-order valence-electron chi connectivity index (χ1n) is 7.98. The molecule has 0 aromatic heterocycles. The first-order valence-corrected chi connectivity index (χ1v) is 9.21. The minimum atomic E-state index is 0.0279. The Hall–Kier alpha value is -1.59. The van der Waals surface area contributed by atoms with Gasteiger partial charge >= 0.3 is 0 Å². The molecule has 0 bridgehead atoms. The zero-order valence-electron chi connectivity index (χ0n) is 15.1. The molecule has 1 atom stereocenters. The standard InChI is InChI=1S/C21H29NS/c1-8-19(15(4)5)20(21(22)16(6)23-7)18-11-9-17(10-12-18)13-14(2)3/h1,9,11,20H,2,10,12-13,22H2,3-7H3/b21-16-. The molecule has 23 heavy (non-hydrogen) atoms. The molecule has 0 saturated heterocycles. The van der Waals surface area contributed by atoms with Crippen molar-refractivity contribution in [1.82, 2.24) is 0 Å². The van der Waals surface area contributed by atoms with Gasteiger partial charge in [-0.25, -0.2) is 0 Å². The Balaban J connectivity index is 3.31. The molecular formula is C21H29NS. The van der Waals surface area contributed by atoms with E-state index in [9.17, 15) is 0 Å². The van der Waals surface area contributed by atoms with Crippen LogP contribution in [0, 0.1) is 18.3 Å². The Morgan fingerprint density at radius 1 is 1.30 bits per heavy atom. The molecule has 2 heteroatoms. The molecule has 0 radical (unpaired) electrons. The maximum absolute atomic E-state index is 6.49. The van der Waals surface area contributed by atoms with Crippen molar-refractivity contribution in [3.05, 3.63) is 57.2 Å². The third kappa shape index (κ3) is 5.22. The summed E-state index contributed by atoms with van der Waals surface area (Å²) in [5, 5.41) is 0. The molecule has 1 rings (SSSR count). The van der Waals surface area contributed by atoms with E-state index in [1.165, 1.54) is 16.7 Å². The Labute approximate surface area is 146 Å². The largest absolute Gasteiger partial charge is 0.401 e. The number of thioether (sulfide) groups is 1. The monoisotopic (exact) mass is 327 g/mol. The van der Waals surface area contributed by atoms with Crippen LogP contribution in [0.3, 0.4) is 0 Å². The van der Waals surface area contributed by atoms with Crippen molar-refractivity contribution >= 4 is 11.8 Å². The van der Waals surface area contributed by atoms with Gasteiger partial charge in [-0.3, -0.25) is 0 Å². The maximum atomic E-state index is 6.49. The van der Waals surface area contributed by atoms with Crippen molar-refractivity contribution in [2.75, 3.05) is 6.26 Å². The lowest BCUT2D eigenvalue weighted by Crippen LogP contribution is -2.19. The minimum absolute atomic E-state index is 0.0279. The Morgan fingerprint density at radius 3 is 2.35 bits per heavy atom. The van der Waals surface area contributed by atoms with Gasteiger partial charge in [0.15, 0.2) is 0 Å². The van der Waals surface area contributed by atoms with Gasteiger partial charge in [0.1, 0.15) is 0 Å². The van der Waals surface area contributed by atoms with E-state index in [1.807, 2.05) is 0 Å². The molecule has 124 valence electrons. The van der Waals surface area contributed by atoms with Crippen molar-refractivity contribution < 1.29 is 0 Å². The Morgan fingerprint density at radius 2 is 1.96 bits per heavy atom. The van der Waals surface area contributed by atoms with Crippen molar-refractivity contribution in [3.63, 3.8) is 0 Å². The fourth-order valence-corrected chi connectivity index (χ4v) is 3.20. The summed E-state index contributed by atoms with van der Waals surface area (Å²) in [6, 6.07) is 0. The molecule has 0 aromatic rings. The van der Waals surface area contributed by atoms with E-state index < -0.39 is 0 Å². The predicted molar refractivity (Wildman–Crippen MR) is 106 cm³/mol. The molecule has 0 saturated carbocycles. The summed E-state index contributed by atoms with van der Waals surface area (Å²) in [5.41, 5.74) is 13.5. The minimum Gasteiger partial charge on any atom is -0.401 e. The average Bonchev–Trinajstić information content (AvgIpc) is 2.51. The topological polar surface area (TPSA) is 26.0 Å². The van der Waals surface area contributed by atoms with Crippen LogP contribution in [0.15, 0.2) is 57.2 Å². The van der Waals surface area contributed by atoms with Crippen molar-refractivity contribution in [3.8, 4) is 12.3 Å². The number of nitrogens with two attached hydrogens (primary N) is 1. The van der Waals surface area contributed by atoms with E-state index in [2.05, 4.69) is 58.6 Å². The average molecular weight is 328 g/mol. The third-order valence-electron chi connectivity index (χ3n) is 4.17. The van der Waals surface area contributed by atoms with Gasteiger partial charge in [0, 0.05) is 16.2 Å². The zero-order chi connectivity index (χ0) is 17.6. The van der Waals surface area contributed by atoms with Crippen LogP contribution in [0.2, 0.25) is 0 Å². The summed E-state index contributed by atoms with van der Waals surface area (Å²) in [6.07, 6.45) is 15.3. The van der Waals surface area contributed by atoms with Crippen LogP contribution in [-0.2, 0) is 0 Å². The summed E-state index contributed by atoms with van der Waals surface area (Å²) in [5.74, 6) is 2.91. The highest BCUT2D eigenvalue weighted by Crippen LogP contribution is 2.36. The van der Waals surface area contributed by atoms with Gasteiger partial charge in [-0.15, -0.1) is 18.2 Å². The number of hydrogen-bond donors (Lipinski definition) is 1. The fourth-order valence-electron chi connectivity index (χ4n) is 2.85. The molecule has 1 aliphatic rings. The lowest BCUT2D eigenvalue weighted by molar-refractivity contribution is 0.736. The second-order valence-corrected chi connectivity index (χ2v) is 7.43. The molecule has 0 heterocycles.